The largest absolute Gasteiger partial charge is 0.496 e. The van der Waals surface area contributed by atoms with Crippen molar-refractivity contribution in [1.29, 1.82) is 0 Å². The van der Waals surface area contributed by atoms with Gasteiger partial charge >= 0.3 is 0 Å². The second-order valence-electron chi connectivity index (χ2n) is 10.9. The van der Waals surface area contributed by atoms with Gasteiger partial charge in [-0.3, -0.25) is 9.67 Å². The molecule has 1 fully saturated rings. The Bertz CT molecular complexity index is 1190. The van der Waals surface area contributed by atoms with Gasteiger partial charge in [0.1, 0.15) is 16.8 Å². The van der Waals surface area contributed by atoms with Gasteiger partial charge in [-0.15, -0.1) is 0 Å². The van der Waals surface area contributed by atoms with Gasteiger partial charge in [0, 0.05) is 48.6 Å². The number of piperidine rings is 1. The van der Waals surface area contributed by atoms with Crippen molar-refractivity contribution in [2.45, 2.75) is 77.0 Å². The number of nitrogens with one attached hydrogen (secondary N) is 1. The van der Waals surface area contributed by atoms with E-state index in [9.17, 15) is 10.2 Å². The van der Waals surface area contributed by atoms with Crippen LogP contribution in [0.15, 0.2) is 18.5 Å². The third-order valence-electron chi connectivity index (χ3n) is 7.08. The lowest BCUT2D eigenvalue weighted by atomic mass is 9.92. The number of hydrogen-bond donors (Lipinski definition) is 4. The number of nitrogens with zero attached hydrogens (tertiary/aromatic N) is 6. The van der Waals surface area contributed by atoms with Crippen LogP contribution in [-0.2, 0) is 6.54 Å². The van der Waals surface area contributed by atoms with Crippen molar-refractivity contribution in [3.8, 4) is 5.75 Å². The minimum absolute atomic E-state index is 0.0659. The van der Waals surface area contributed by atoms with Crippen LogP contribution in [0.4, 0.5) is 11.8 Å². The molecular weight excluding hydrogens is 484 g/mol. The van der Waals surface area contributed by atoms with E-state index in [2.05, 4.69) is 32.2 Å². The maximum atomic E-state index is 10.1. The van der Waals surface area contributed by atoms with Crippen molar-refractivity contribution in [3.05, 3.63) is 29.7 Å². The van der Waals surface area contributed by atoms with Gasteiger partial charge in [0.25, 0.3) is 0 Å². The van der Waals surface area contributed by atoms with E-state index in [1.165, 1.54) is 0 Å². The van der Waals surface area contributed by atoms with E-state index < -0.39 is 5.60 Å². The molecule has 0 spiro atoms. The summed E-state index contributed by atoms with van der Waals surface area (Å²) < 4.78 is 7.62. The van der Waals surface area contributed by atoms with Crippen molar-refractivity contribution in [2.75, 3.05) is 44.4 Å². The zero-order valence-corrected chi connectivity index (χ0v) is 23.0. The molecule has 4 rings (SSSR count). The highest BCUT2D eigenvalue weighted by molar-refractivity contribution is 5.86. The van der Waals surface area contributed by atoms with E-state index in [0.717, 1.165) is 61.3 Å². The molecular formula is C27H42N8O3. The number of β-amino-alcohol motifs (C(OH)–C–C–N with tert-alkyl or cyclic N) is 1. The van der Waals surface area contributed by atoms with Crippen LogP contribution >= 0.6 is 0 Å². The number of pyridine rings is 1. The number of nitrogens with two attached hydrogens (primary N) is 1. The molecule has 1 atom stereocenters. The number of rotatable bonds is 12. The van der Waals surface area contributed by atoms with Gasteiger partial charge in [-0.1, -0.05) is 13.3 Å². The molecule has 1 unspecified atom stereocenters. The molecule has 208 valence electrons. The third kappa shape index (κ3) is 6.89. The minimum atomic E-state index is -0.686. The topological polar surface area (TPSA) is 147 Å². The van der Waals surface area contributed by atoms with Crippen LogP contribution in [-0.4, -0.2) is 84.8 Å². The first kappa shape index (κ1) is 28.0. The number of methoxy groups -OCH3 is 1. The smallest absolute Gasteiger partial charge is 0.222 e. The summed E-state index contributed by atoms with van der Waals surface area (Å²) >= 11 is 0. The normalized spacial score (nSPS) is 16.2. The second kappa shape index (κ2) is 12.2. The predicted octanol–water partition coefficient (Wildman–Crippen LogP) is 2.77. The summed E-state index contributed by atoms with van der Waals surface area (Å²) in [5, 5.41) is 27.7. The van der Waals surface area contributed by atoms with Gasteiger partial charge in [-0.2, -0.15) is 10.1 Å². The fourth-order valence-corrected chi connectivity index (χ4v) is 5.33. The average Bonchev–Trinajstić information content (AvgIpc) is 3.26. The van der Waals surface area contributed by atoms with Gasteiger partial charge in [0.2, 0.25) is 5.95 Å². The summed E-state index contributed by atoms with van der Waals surface area (Å²) in [6.45, 7) is 8.90. The minimum Gasteiger partial charge on any atom is -0.496 e. The first-order valence-electron chi connectivity index (χ1n) is 13.5. The lowest BCUT2D eigenvalue weighted by molar-refractivity contribution is 0.0280. The van der Waals surface area contributed by atoms with Crippen LogP contribution in [0.25, 0.3) is 11.0 Å². The van der Waals surface area contributed by atoms with Gasteiger partial charge in [-0.25, -0.2) is 4.98 Å². The molecule has 5 N–H and O–H groups in total. The van der Waals surface area contributed by atoms with Crippen LogP contribution in [0.2, 0.25) is 0 Å². The molecule has 1 aliphatic rings. The standard InChI is InChI=1S/C27H42N8O3/c1-5-6-20(9-12-36)31-25-24-22(32-26(28)33-25)15-30-35(24)16-19-14-29-21(13-23(19)38-4)18-7-10-34(11-8-18)17-27(2,3)37/h13-15,18,20,36-37H,5-12,16-17H2,1-4H3,(H3,28,31,32,33). The Morgan fingerprint density at radius 2 is 1.97 bits per heavy atom. The van der Waals surface area contributed by atoms with Crippen LogP contribution in [0.1, 0.15) is 70.1 Å². The molecule has 0 radical (unpaired) electrons. The van der Waals surface area contributed by atoms with E-state index in [-0.39, 0.29) is 18.6 Å². The number of hydrogen-bond acceptors (Lipinski definition) is 10. The van der Waals surface area contributed by atoms with Crippen LogP contribution < -0.4 is 15.8 Å². The van der Waals surface area contributed by atoms with E-state index in [1.54, 1.807) is 13.3 Å². The van der Waals surface area contributed by atoms with Crippen LogP contribution in [0.3, 0.4) is 0 Å². The summed E-state index contributed by atoms with van der Waals surface area (Å²) in [6, 6.07) is 2.11. The maximum absolute atomic E-state index is 10.1. The maximum Gasteiger partial charge on any atom is 0.222 e. The number of ether oxygens (including phenoxy) is 1. The molecule has 1 saturated heterocycles. The summed E-state index contributed by atoms with van der Waals surface area (Å²) in [5.74, 6) is 1.91. The molecule has 1 aliphatic heterocycles. The van der Waals surface area contributed by atoms with Crippen molar-refractivity contribution < 1.29 is 14.9 Å². The first-order chi connectivity index (χ1) is 18.2. The predicted molar refractivity (Wildman–Crippen MR) is 148 cm³/mol. The number of aromatic nitrogens is 5. The van der Waals surface area contributed by atoms with Crippen molar-refractivity contribution in [3.63, 3.8) is 0 Å². The Kier molecular flexibility index (Phi) is 9.01. The van der Waals surface area contributed by atoms with E-state index >= 15 is 0 Å². The zero-order valence-electron chi connectivity index (χ0n) is 23.0. The van der Waals surface area contributed by atoms with Crippen LogP contribution in [0, 0.1) is 0 Å². The Labute approximate surface area is 224 Å². The average molecular weight is 527 g/mol. The fraction of sp³-hybridized carbons (Fsp3) is 0.630. The fourth-order valence-electron chi connectivity index (χ4n) is 5.33. The Morgan fingerprint density at radius 3 is 2.63 bits per heavy atom. The lowest BCUT2D eigenvalue weighted by Crippen LogP contribution is -2.42. The quantitative estimate of drug-likeness (QED) is 0.278. The number of nitrogen functional groups attached to an aromatic ring is 1. The molecule has 0 bridgehead atoms. The highest BCUT2D eigenvalue weighted by Gasteiger charge is 2.26. The number of likely N-dealkylation sites (tertiary alicyclic amines) is 1. The Balaban J connectivity index is 1.54. The third-order valence-corrected chi connectivity index (χ3v) is 7.08. The number of aliphatic hydroxyl groups excluding tert-OH is 1. The molecule has 4 heterocycles. The zero-order chi connectivity index (χ0) is 27.3. The van der Waals surface area contributed by atoms with Crippen molar-refractivity contribution in [2.24, 2.45) is 0 Å². The highest BCUT2D eigenvalue weighted by atomic mass is 16.5. The van der Waals surface area contributed by atoms with Gasteiger partial charge in [0.15, 0.2) is 5.82 Å². The lowest BCUT2D eigenvalue weighted by Gasteiger charge is -2.35. The van der Waals surface area contributed by atoms with E-state index in [4.69, 9.17) is 15.5 Å². The summed E-state index contributed by atoms with van der Waals surface area (Å²) in [5.41, 5.74) is 8.65. The molecule has 3 aromatic rings. The molecule has 38 heavy (non-hydrogen) atoms. The SMILES string of the molecule is CCCC(CCO)Nc1nc(N)nc2cnn(Cc3cnc(C4CCN(CC(C)(C)O)CC4)cc3OC)c12. The monoisotopic (exact) mass is 526 g/mol. The number of anilines is 2. The van der Waals surface area contributed by atoms with Gasteiger partial charge < -0.3 is 30.9 Å². The summed E-state index contributed by atoms with van der Waals surface area (Å²) in [6.07, 6.45) is 8.05. The molecule has 0 amide bonds. The summed E-state index contributed by atoms with van der Waals surface area (Å²) in [4.78, 5) is 16.0. The first-order valence-corrected chi connectivity index (χ1v) is 13.5. The molecule has 11 nitrogen and oxygen atoms in total. The number of fused-ring (bicyclic) bond motifs is 1. The molecule has 0 aromatic carbocycles. The van der Waals surface area contributed by atoms with Crippen LogP contribution in [0.5, 0.6) is 5.75 Å². The molecule has 0 aliphatic carbocycles. The van der Waals surface area contributed by atoms with E-state index in [0.29, 0.717) is 36.8 Å². The summed E-state index contributed by atoms with van der Waals surface area (Å²) in [7, 11) is 1.68. The van der Waals surface area contributed by atoms with Gasteiger partial charge in [-0.05, 0) is 52.6 Å². The highest BCUT2D eigenvalue weighted by Crippen LogP contribution is 2.32. The Hall–Kier alpha value is -3.02. The molecule has 11 heteroatoms. The van der Waals surface area contributed by atoms with E-state index in [1.807, 2.05) is 30.8 Å². The molecule has 3 aromatic heterocycles. The second-order valence-corrected chi connectivity index (χ2v) is 10.9. The van der Waals surface area contributed by atoms with Crippen molar-refractivity contribution in [1.82, 2.24) is 29.6 Å². The molecule has 0 saturated carbocycles. The Morgan fingerprint density at radius 1 is 1.21 bits per heavy atom. The van der Waals surface area contributed by atoms with Crippen molar-refractivity contribution >= 4 is 22.8 Å². The number of aliphatic hydroxyl groups is 2. The van der Waals surface area contributed by atoms with Gasteiger partial charge in [0.05, 0.1) is 25.5 Å².